The van der Waals surface area contributed by atoms with Crippen molar-refractivity contribution in [2.45, 2.75) is 12.3 Å². The normalized spacial score (nSPS) is 10.5. The van der Waals surface area contributed by atoms with Gasteiger partial charge < -0.3 is 9.88 Å². The minimum absolute atomic E-state index is 0.0176. The zero-order valence-corrected chi connectivity index (χ0v) is 14.7. The molecule has 0 spiro atoms. The first kappa shape index (κ1) is 17.7. The second-order valence-electron chi connectivity index (χ2n) is 4.81. The van der Waals surface area contributed by atoms with Crippen LogP contribution in [0.4, 0.5) is 4.39 Å². The van der Waals surface area contributed by atoms with E-state index in [4.69, 9.17) is 0 Å². The third-order valence-electron chi connectivity index (χ3n) is 3.05. The van der Waals surface area contributed by atoms with Gasteiger partial charge in [0.05, 0.1) is 0 Å². The van der Waals surface area contributed by atoms with E-state index >= 15 is 0 Å². The molecule has 23 heavy (non-hydrogen) atoms. The molecule has 7 heteroatoms. The Hall–Kier alpha value is -1.60. The number of hydrogen-bond acceptors (Lipinski definition) is 3. The Kier molecular flexibility index (Phi) is 6.85. The molecule has 0 aliphatic rings. The van der Waals surface area contributed by atoms with Crippen molar-refractivity contribution in [3.63, 3.8) is 0 Å². The van der Waals surface area contributed by atoms with E-state index in [-0.39, 0.29) is 23.8 Å². The average Bonchev–Trinajstić information content (AvgIpc) is 2.52. The highest BCUT2D eigenvalue weighted by Crippen LogP contribution is 2.14. The standard InChI is InChI=1S/C16H16BrFN2O2S/c17-13-5-6-16(22)20(9-13)10-15(21)19-7-8-23-11-12-3-1-2-4-14(12)18/h1-6,9H,7-8,10-11H2,(H,19,21). The monoisotopic (exact) mass is 398 g/mol. The molecule has 0 fully saturated rings. The summed E-state index contributed by atoms with van der Waals surface area (Å²) in [5, 5.41) is 2.75. The molecule has 2 aromatic rings. The molecule has 1 aromatic carbocycles. The van der Waals surface area contributed by atoms with E-state index in [0.29, 0.717) is 23.6 Å². The lowest BCUT2D eigenvalue weighted by atomic mass is 10.2. The number of amides is 1. The van der Waals surface area contributed by atoms with Crippen LogP contribution in [-0.4, -0.2) is 22.8 Å². The number of nitrogens with one attached hydrogen (secondary N) is 1. The van der Waals surface area contributed by atoms with Gasteiger partial charge in [-0.25, -0.2) is 4.39 Å². The summed E-state index contributed by atoms with van der Waals surface area (Å²) >= 11 is 4.81. The Morgan fingerprint density at radius 3 is 2.83 bits per heavy atom. The molecular formula is C16H16BrFN2O2S. The van der Waals surface area contributed by atoms with Gasteiger partial charge in [-0.3, -0.25) is 9.59 Å². The Bertz CT molecular complexity index is 736. The van der Waals surface area contributed by atoms with Crippen molar-refractivity contribution in [2.75, 3.05) is 12.3 Å². The first-order valence-corrected chi connectivity index (χ1v) is 8.95. The highest BCUT2D eigenvalue weighted by molar-refractivity contribution is 9.10. The number of aromatic nitrogens is 1. The van der Waals surface area contributed by atoms with Crippen molar-refractivity contribution in [3.05, 3.63) is 68.8 Å². The van der Waals surface area contributed by atoms with E-state index in [9.17, 15) is 14.0 Å². The van der Waals surface area contributed by atoms with Crippen LogP contribution < -0.4 is 10.9 Å². The smallest absolute Gasteiger partial charge is 0.251 e. The molecule has 1 aromatic heterocycles. The molecule has 0 aliphatic carbocycles. The van der Waals surface area contributed by atoms with Crippen LogP contribution in [0, 0.1) is 5.82 Å². The molecule has 0 unspecified atom stereocenters. The van der Waals surface area contributed by atoms with Gasteiger partial charge in [0.25, 0.3) is 5.56 Å². The zero-order chi connectivity index (χ0) is 16.7. The van der Waals surface area contributed by atoms with Crippen LogP contribution in [0.15, 0.2) is 51.9 Å². The highest BCUT2D eigenvalue weighted by atomic mass is 79.9. The number of rotatable bonds is 7. The molecule has 0 bridgehead atoms. The predicted molar refractivity (Wildman–Crippen MR) is 94.0 cm³/mol. The van der Waals surface area contributed by atoms with Gasteiger partial charge in [0.1, 0.15) is 12.4 Å². The molecule has 0 radical (unpaired) electrons. The quantitative estimate of drug-likeness (QED) is 0.729. The van der Waals surface area contributed by atoms with Crippen molar-refractivity contribution in [1.29, 1.82) is 0 Å². The number of pyridine rings is 1. The minimum atomic E-state index is -0.225. The van der Waals surface area contributed by atoms with Crippen molar-refractivity contribution < 1.29 is 9.18 Å². The Morgan fingerprint density at radius 2 is 2.04 bits per heavy atom. The van der Waals surface area contributed by atoms with E-state index in [1.54, 1.807) is 42.2 Å². The zero-order valence-electron chi connectivity index (χ0n) is 12.3. The fourth-order valence-electron chi connectivity index (χ4n) is 1.90. The van der Waals surface area contributed by atoms with Crippen LogP contribution in [0.1, 0.15) is 5.56 Å². The van der Waals surface area contributed by atoms with Gasteiger partial charge >= 0.3 is 0 Å². The van der Waals surface area contributed by atoms with E-state index in [2.05, 4.69) is 21.2 Å². The van der Waals surface area contributed by atoms with Crippen LogP contribution in [0.5, 0.6) is 0 Å². The highest BCUT2D eigenvalue weighted by Gasteiger charge is 2.05. The second-order valence-corrected chi connectivity index (χ2v) is 6.83. The summed E-state index contributed by atoms with van der Waals surface area (Å²) in [4.78, 5) is 23.4. The molecule has 0 saturated heterocycles. The summed E-state index contributed by atoms with van der Waals surface area (Å²) in [6.07, 6.45) is 1.58. The average molecular weight is 399 g/mol. The van der Waals surface area contributed by atoms with Gasteiger partial charge in [-0.15, -0.1) is 0 Å². The Morgan fingerprint density at radius 1 is 1.26 bits per heavy atom. The summed E-state index contributed by atoms with van der Waals surface area (Å²) < 4.78 is 15.5. The van der Waals surface area contributed by atoms with Crippen molar-refractivity contribution in [1.82, 2.24) is 9.88 Å². The molecular weight excluding hydrogens is 383 g/mol. The third-order valence-corrected chi connectivity index (χ3v) is 4.52. The molecule has 0 aliphatic heterocycles. The first-order chi connectivity index (χ1) is 11.1. The lowest BCUT2D eigenvalue weighted by molar-refractivity contribution is -0.121. The van der Waals surface area contributed by atoms with Crippen molar-refractivity contribution in [2.24, 2.45) is 0 Å². The van der Waals surface area contributed by atoms with Gasteiger partial charge in [0.15, 0.2) is 0 Å². The summed E-state index contributed by atoms with van der Waals surface area (Å²) in [7, 11) is 0. The van der Waals surface area contributed by atoms with Crippen LogP contribution in [0.2, 0.25) is 0 Å². The van der Waals surface area contributed by atoms with Gasteiger partial charge in [-0.05, 0) is 33.6 Å². The van der Waals surface area contributed by atoms with Crippen molar-refractivity contribution >= 4 is 33.6 Å². The molecule has 1 N–H and O–H groups in total. The number of hydrogen-bond donors (Lipinski definition) is 1. The van der Waals surface area contributed by atoms with Crippen LogP contribution in [0.3, 0.4) is 0 Å². The minimum Gasteiger partial charge on any atom is -0.354 e. The molecule has 4 nitrogen and oxygen atoms in total. The molecule has 2 rings (SSSR count). The first-order valence-electron chi connectivity index (χ1n) is 7.00. The molecule has 1 heterocycles. The number of carbonyl (C=O) groups is 1. The lowest BCUT2D eigenvalue weighted by Gasteiger charge is -2.08. The molecule has 122 valence electrons. The van der Waals surface area contributed by atoms with E-state index in [0.717, 1.165) is 4.47 Å². The number of carbonyl (C=O) groups excluding carboxylic acids is 1. The maximum absolute atomic E-state index is 13.4. The SMILES string of the molecule is O=C(Cn1cc(Br)ccc1=O)NCCSCc1ccccc1F. The summed E-state index contributed by atoms with van der Waals surface area (Å²) in [6.45, 7) is 0.455. The number of nitrogens with zero attached hydrogens (tertiary/aromatic N) is 1. The van der Waals surface area contributed by atoms with E-state index in [1.165, 1.54) is 16.7 Å². The van der Waals surface area contributed by atoms with Crippen LogP contribution in [-0.2, 0) is 17.1 Å². The summed E-state index contributed by atoms with van der Waals surface area (Å²) in [5.41, 5.74) is 0.432. The third kappa shape index (κ3) is 5.84. The maximum atomic E-state index is 13.4. The number of thioether (sulfide) groups is 1. The topological polar surface area (TPSA) is 51.1 Å². The second kappa shape index (κ2) is 8.88. The largest absolute Gasteiger partial charge is 0.354 e. The molecule has 0 saturated carbocycles. The van der Waals surface area contributed by atoms with Crippen LogP contribution in [0.25, 0.3) is 0 Å². The van der Waals surface area contributed by atoms with Crippen molar-refractivity contribution in [3.8, 4) is 0 Å². The van der Waals surface area contributed by atoms with E-state index < -0.39 is 0 Å². The molecule has 1 amide bonds. The van der Waals surface area contributed by atoms with Gasteiger partial charge in [-0.2, -0.15) is 11.8 Å². The van der Waals surface area contributed by atoms with E-state index in [1.807, 2.05) is 0 Å². The lowest BCUT2D eigenvalue weighted by Crippen LogP contribution is -2.33. The van der Waals surface area contributed by atoms with Crippen LogP contribution >= 0.6 is 27.7 Å². The Labute approximate surface area is 146 Å². The van der Waals surface area contributed by atoms with Gasteiger partial charge in [0, 0.05) is 34.8 Å². The number of halogens is 2. The van der Waals surface area contributed by atoms with Gasteiger partial charge in [-0.1, -0.05) is 18.2 Å². The fraction of sp³-hybridized carbons (Fsp3) is 0.250. The maximum Gasteiger partial charge on any atom is 0.251 e. The number of benzene rings is 1. The summed E-state index contributed by atoms with van der Waals surface area (Å²) in [6, 6.07) is 9.69. The summed E-state index contributed by atoms with van der Waals surface area (Å²) in [5.74, 6) is 0.802. The van der Waals surface area contributed by atoms with Gasteiger partial charge in [0.2, 0.25) is 5.91 Å². The predicted octanol–water partition coefficient (Wildman–Crippen LogP) is 2.80. The fourth-order valence-corrected chi connectivity index (χ4v) is 3.12. The Balaban J connectivity index is 1.70. The molecule has 0 atom stereocenters.